The Morgan fingerprint density at radius 1 is 1.41 bits per heavy atom. The zero-order chi connectivity index (χ0) is 12.3. The average molecular weight is 237 g/mol. The average Bonchev–Trinajstić information content (AvgIpc) is 2.76. The zero-order valence-electron chi connectivity index (χ0n) is 9.72. The van der Waals surface area contributed by atoms with Crippen LogP contribution in [-0.4, -0.2) is 18.0 Å². The Morgan fingerprint density at radius 3 is 2.71 bits per heavy atom. The van der Waals surface area contributed by atoms with Gasteiger partial charge in [-0.25, -0.2) is 4.39 Å². The molecule has 1 aromatic rings. The number of amides is 1. The predicted molar refractivity (Wildman–Crippen MR) is 63.8 cm³/mol. The van der Waals surface area contributed by atoms with Crippen LogP contribution in [0, 0.1) is 5.82 Å². The van der Waals surface area contributed by atoms with E-state index in [0.717, 1.165) is 19.4 Å². The summed E-state index contributed by atoms with van der Waals surface area (Å²) in [6.45, 7) is 2.74. The largest absolute Gasteiger partial charge is 0.304 e. The lowest BCUT2D eigenvalue weighted by Gasteiger charge is -2.23. The summed E-state index contributed by atoms with van der Waals surface area (Å²) in [4.78, 5) is 11.9. The molecule has 2 rings (SSSR count). The van der Waals surface area contributed by atoms with Crippen molar-refractivity contribution < 1.29 is 9.18 Å². The molecule has 0 aromatic heterocycles. The summed E-state index contributed by atoms with van der Waals surface area (Å²) >= 11 is 0. The minimum absolute atomic E-state index is 0.0978. The summed E-state index contributed by atoms with van der Waals surface area (Å²) in [5.41, 5.74) is 5.54. The second-order valence-corrected chi connectivity index (χ2v) is 4.45. The molecule has 1 saturated heterocycles. The van der Waals surface area contributed by atoms with Gasteiger partial charge in [0.1, 0.15) is 5.82 Å². The highest BCUT2D eigenvalue weighted by Gasteiger charge is 2.35. The first-order valence-electron chi connectivity index (χ1n) is 5.67. The maximum absolute atomic E-state index is 12.7. The standard InChI is InChI=1S/C12H16FN3O/c1-12(7-2-8-14-12)11(17)16-15-10-5-3-9(13)4-6-10/h3-6,14-15H,2,7-8H2,1H3,(H,16,17). The quantitative estimate of drug-likeness (QED) is 0.697. The molecule has 0 spiro atoms. The van der Waals surface area contributed by atoms with Crippen LogP contribution in [0.15, 0.2) is 24.3 Å². The van der Waals surface area contributed by atoms with E-state index >= 15 is 0 Å². The van der Waals surface area contributed by atoms with Gasteiger partial charge < -0.3 is 5.32 Å². The van der Waals surface area contributed by atoms with Crippen molar-refractivity contribution in [2.45, 2.75) is 25.3 Å². The van der Waals surface area contributed by atoms with Gasteiger partial charge in [0.05, 0.1) is 11.2 Å². The molecule has 1 fully saturated rings. The first kappa shape index (κ1) is 11.9. The third-order valence-corrected chi connectivity index (χ3v) is 3.03. The van der Waals surface area contributed by atoms with Crippen LogP contribution in [0.4, 0.5) is 10.1 Å². The summed E-state index contributed by atoms with van der Waals surface area (Å²) in [6.07, 6.45) is 1.82. The SMILES string of the molecule is CC1(C(=O)NNc2ccc(F)cc2)CCCN1. The van der Waals surface area contributed by atoms with Crippen molar-refractivity contribution in [3.63, 3.8) is 0 Å². The summed E-state index contributed by atoms with van der Waals surface area (Å²) in [5.74, 6) is -0.398. The molecule has 1 aliphatic heterocycles. The second kappa shape index (κ2) is 4.71. The molecule has 1 unspecified atom stereocenters. The van der Waals surface area contributed by atoms with Crippen LogP contribution in [0.25, 0.3) is 0 Å². The van der Waals surface area contributed by atoms with Gasteiger partial charge in [0, 0.05) is 0 Å². The number of hydrogen-bond acceptors (Lipinski definition) is 3. The fourth-order valence-corrected chi connectivity index (χ4v) is 1.89. The Balaban J connectivity index is 1.89. The second-order valence-electron chi connectivity index (χ2n) is 4.45. The number of carbonyl (C=O) groups excluding carboxylic acids is 1. The molecule has 3 N–H and O–H groups in total. The molecular weight excluding hydrogens is 221 g/mol. The fraction of sp³-hybridized carbons (Fsp3) is 0.417. The molecule has 0 radical (unpaired) electrons. The number of hydrazine groups is 1. The minimum atomic E-state index is -0.507. The number of carbonyl (C=O) groups is 1. The fourth-order valence-electron chi connectivity index (χ4n) is 1.89. The van der Waals surface area contributed by atoms with Crippen molar-refractivity contribution in [3.8, 4) is 0 Å². The van der Waals surface area contributed by atoms with Crippen molar-refractivity contribution in [3.05, 3.63) is 30.1 Å². The third kappa shape index (κ3) is 2.74. The van der Waals surface area contributed by atoms with E-state index in [1.807, 2.05) is 6.92 Å². The van der Waals surface area contributed by atoms with Crippen LogP contribution in [0.5, 0.6) is 0 Å². The molecule has 17 heavy (non-hydrogen) atoms. The molecular formula is C12H16FN3O. The van der Waals surface area contributed by atoms with E-state index < -0.39 is 5.54 Å². The molecule has 4 nitrogen and oxygen atoms in total. The number of nitrogens with one attached hydrogen (secondary N) is 3. The van der Waals surface area contributed by atoms with Gasteiger partial charge in [0.2, 0.25) is 0 Å². The molecule has 92 valence electrons. The van der Waals surface area contributed by atoms with Gasteiger partial charge in [-0.1, -0.05) is 0 Å². The third-order valence-electron chi connectivity index (χ3n) is 3.03. The van der Waals surface area contributed by atoms with Crippen molar-refractivity contribution in [2.24, 2.45) is 0 Å². The van der Waals surface area contributed by atoms with Gasteiger partial charge in [-0.3, -0.25) is 15.6 Å². The number of benzene rings is 1. The van der Waals surface area contributed by atoms with E-state index in [4.69, 9.17) is 0 Å². The first-order valence-corrected chi connectivity index (χ1v) is 5.67. The molecule has 1 atom stereocenters. The van der Waals surface area contributed by atoms with Crippen LogP contribution in [0.2, 0.25) is 0 Å². The van der Waals surface area contributed by atoms with Crippen molar-refractivity contribution >= 4 is 11.6 Å². The topological polar surface area (TPSA) is 53.2 Å². The van der Waals surface area contributed by atoms with Crippen LogP contribution >= 0.6 is 0 Å². The maximum atomic E-state index is 12.7. The number of anilines is 1. The van der Waals surface area contributed by atoms with E-state index in [1.54, 1.807) is 12.1 Å². The summed E-state index contributed by atoms with van der Waals surface area (Å²) in [7, 11) is 0. The molecule has 1 heterocycles. The first-order chi connectivity index (χ1) is 8.10. The molecule has 1 amide bonds. The number of rotatable bonds is 3. The van der Waals surface area contributed by atoms with Crippen molar-refractivity contribution in [1.29, 1.82) is 0 Å². The molecule has 0 bridgehead atoms. The molecule has 1 aliphatic rings. The Kier molecular flexibility index (Phi) is 3.28. The van der Waals surface area contributed by atoms with E-state index in [-0.39, 0.29) is 11.7 Å². The Morgan fingerprint density at radius 2 is 2.12 bits per heavy atom. The highest BCUT2D eigenvalue weighted by molar-refractivity contribution is 5.87. The van der Waals surface area contributed by atoms with Crippen molar-refractivity contribution in [1.82, 2.24) is 10.7 Å². The monoisotopic (exact) mass is 237 g/mol. The predicted octanol–water partition coefficient (Wildman–Crippen LogP) is 1.41. The van der Waals surface area contributed by atoms with Gasteiger partial charge in [-0.05, 0) is 50.6 Å². The van der Waals surface area contributed by atoms with Gasteiger partial charge >= 0.3 is 0 Å². The van der Waals surface area contributed by atoms with Crippen LogP contribution in [0.3, 0.4) is 0 Å². The normalized spacial score (nSPS) is 23.4. The Labute approximate surface area is 99.6 Å². The lowest BCUT2D eigenvalue weighted by Crippen LogP contribution is -2.52. The van der Waals surface area contributed by atoms with Crippen LogP contribution < -0.4 is 16.2 Å². The van der Waals surface area contributed by atoms with E-state index in [0.29, 0.717) is 5.69 Å². The number of halogens is 1. The van der Waals surface area contributed by atoms with Crippen LogP contribution in [-0.2, 0) is 4.79 Å². The highest BCUT2D eigenvalue weighted by atomic mass is 19.1. The smallest absolute Gasteiger partial charge is 0.258 e. The lowest BCUT2D eigenvalue weighted by atomic mass is 10.00. The molecule has 0 saturated carbocycles. The number of hydrogen-bond donors (Lipinski definition) is 3. The Hall–Kier alpha value is -1.62. The summed E-state index contributed by atoms with van der Waals surface area (Å²) in [5, 5.41) is 3.17. The highest BCUT2D eigenvalue weighted by Crippen LogP contribution is 2.18. The zero-order valence-corrected chi connectivity index (χ0v) is 9.72. The van der Waals surface area contributed by atoms with E-state index in [9.17, 15) is 9.18 Å². The van der Waals surface area contributed by atoms with E-state index in [1.165, 1.54) is 12.1 Å². The van der Waals surface area contributed by atoms with Crippen LogP contribution in [0.1, 0.15) is 19.8 Å². The minimum Gasteiger partial charge on any atom is -0.304 e. The van der Waals surface area contributed by atoms with Gasteiger partial charge in [-0.15, -0.1) is 0 Å². The summed E-state index contributed by atoms with van der Waals surface area (Å²) in [6, 6.07) is 5.81. The molecule has 0 aliphatic carbocycles. The molecule has 1 aromatic carbocycles. The summed E-state index contributed by atoms with van der Waals surface area (Å²) < 4.78 is 12.7. The molecule has 5 heteroatoms. The van der Waals surface area contributed by atoms with Gasteiger partial charge in [0.15, 0.2) is 0 Å². The Bertz CT molecular complexity index is 399. The lowest BCUT2D eigenvalue weighted by molar-refractivity contribution is -0.125. The van der Waals surface area contributed by atoms with E-state index in [2.05, 4.69) is 16.2 Å². The van der Waals surface area contributed by atoms with Gasteiger partial charge in [-0.2, -0.15) is 0 Å². The maximum Gasteiger partial charge on any atom is 0.258 e. The van der Waals surface area contributed by atoms with Gasteiger partial charge in [0.25, 0.3) is 5.91 Å². The van der Waals surface area contributed by atoms with Crippen molar-refractivity contribution in [2.75, 3.05) is 12.0 Å².